The summed E-state index contributed by atoms with van der Waals surface area (Å²) in [7, 11) is -3.77. The molecule has 1 fully saturated rings. The van der Waals surface area contributed by atoms with E-state index in [-0.39, 0.29) is 24.0 Å². The number of hydrogen-bond donors (Lipinski definition) is 1. The lowest BCUT2D eigenvalue weighted by molar-refractivity contribution is 0.233. The van der Waals surface area contributed by atoms with Gasteiger partial charge in [-0.1, -0.05) is 12.1 Å². The first-order valence-electron chi connectivity index (χ1n) is 5.41. The van der Waals surface area contributed by atoms with Gasteiger partial charge < -0.3 is 5.11 Å². The molecule has 0 radical (unpaired) electrons. The zero-order chi connectivity index (χ0) is 12.5. The van der Waals surface area contributed by atoms with Gasteiger partial charge in [0.05, 0.1) is 0 Å². The van der Waals surface area contributed by atoms with E-state index >= 15 is 0 Å². The summed E-state index contributed by atoms with van der Waals surface area (Å²) >= 11 is 0. The van der Waals surface area contributed by atoms with Crippen LogP contribution < -0.4 is 0 Å². The summed E-state index contributed by atoms with van der Waals surface area (Å²) in [5.41, 5.74) is 0. The van der Waals surface area contributed by atoms with E-state index in [2.05, 4.69) is 0 Å². The lowest BCUT2D eigenvalue weighted by Crippen LogP contribution is -2.30. The van der Waals surface area contributed by atoms with Gasteiger partial charge in [-0.3, -0.25) is 0 Å². The Morgan fingerprint density at radius 1 is 1.41 bits per heavy atom. The first-order valence-corrected chi connectivity index (χ1v) is 6.85. The van der Waals surface area contributed by atoms with Gasteiger partial charge in [0, 0.05) is 19.7 Å². The Kier molecular flexibility index (Phi) is 3.46. The van der Waals surface area contributed by atoms with Crippen LogP contribution >= 0.6 is 0 Å². The van der Waals surface area contributed by atoms with Crippen LogP contribution in [-0.2, 0) is 10.0 Å². The lowest BCUT2D eigenvalue weighted by Gasteiger charge is -2.16. The Balaban J connectivity index is 2.29. The number of sulfonamides is 1. The van der Waals surface area contributed by atoms with E-state index in [4.69, 9.17) is 5.11 Å². The van der Waals surface area contributed by atoms with E-state index in [0.29, 0.717) is 13.0 Å². The van der Waals surface area contributed by atoms with Crippen molar-refractivity contribution in [2.24, 2.45) is 5.92 Å². The van der Waals surface area contributed by atoms with E-state index in [9.17, 15) is 12.8 Å². The smallest absolute Gasteiger partial charge is 0.245 e. The molecule has 17 heavy (non-hydrogen) atoms. The highest BCUT2D eigenvalue weighted by molar-refractivity contribution is 7.89. The fraction of sp³-hybridized carbons (Fsp3) is 0.455. The number of rotatable bonds is 3. The van der Waals surface area contributed by atoms with Crippen LogP contribution in [0.25, 0.3) is 0 Å². The second-order valence-corrected chi connectivity index (χ2v) is 6.04. The molecule has 2 rings (SSSR count). The molecule has 1 heterocycles. The normalized spacial score (nSPS) is 21.9. The summed E-state index contributed by atoms with van der Waals surface area (Å²) in [6.07, 6.45) is 0.615. The fourth-order valence-electron chi connectivity index (χ4n) is 1.96. The molecular weight excluding hydrogens is 245 g/mol. The number of nitrogens with zero attached hydrogens (tertiary/aromatic N) is 1. The SMILES string of the molecule is O=S(=O)(c1ccccc1F)N1CCC(CO)C1. The second kappa shape index (κ2) is 4.72. The van der Waals surface area contributed by atoms with Gasteiger partial charge in [0.25, 0.3) is 0 Å². The molecule has 0 amide bonds. The molecule has 1 N–H and O–H groups in total. The molecule has 1 aliphatic heterocycles. The van der Waals surface area contributed by atoms with Crippen molar-refractivity contribution in [2.45, 2.75) is 11.3 Å². The Morgan fingerprint density at radius 2 is 2.12 bits per heavy atom. The topological polar surface area (TPSA) is 57.6 Å². The fourth-order valence-corrected chi connectivity index (χ4v) is 3.55. The Labute approximate surface area is 99.7 Å². The lowest BCUT2D eigenvalue weighted by atomic mass is 10.1. The third kappa shape index (κ3) is 2.34. The highest BCUT2D eigenvalue weighted by atomic mass is 32.2. The van der Waals surface area contributed by atoms with E-state index in [1.165, 1.54) is 22.5 Å². The van der Waals surface area contributed by atoms with Crippen molar-refractivity contribution in [3.63, 3.8) is 0 Å². The molecule has 0 saturated carbocycles. The van der Waals surface area contributed by atoms with Crippen molar-refractivity contribution in [1.29, 1.82) is 0 Å². The standard InChI is InChI=1S/C11H14FNO3S/c12-10-3-1-2-4-11(10)17(15,16)13-6-5-9(7-13)8-14/h1-4,9,14H,5-8H2. The molecule has 1 aromatic rings. The molecule has 6 heteroatoms. The summed E-state index contributed by atoms with van der Waals surface area (Å²) in [5.74, 6) is -0.781. The van der Waals surface area contributed by atoms with Crippen LogP contribution in [0.5, 0.6) is 0 Å². The molecule has 1 saturated heterocycles. The largest absolute Gasteiger partial charge is 0.396 e. The van der Waals surface area contributed by atoms with E-state index in [0.717, 1.165) is 6.07 Å². The van der Waals surface area contributed by atoms with E-state index in [1.54, 1.807) is 0 Å². The Morgan fingerprint density at radius 3 is 2.71 bits per heavy atom. The maximum atomic E-state index is 13.5. The van der Waals surface area contributed by atoms with E-state index < -0.39 is 15.8 Å². The van der Waals surface area contributed by atoms with Gasteiger partial charge in [-0.25, -0.2) is 12.8 Å². The maximum absolute atomic E-state index is 13.5. The molecule has 1 unspecified atom stereocenters. The van der Waals surface area contributed by atoms with Gasteiger partial charge in [-0.15, -0.1) is 0 Å². The molecule has 1 atom stereocenters. The van der Waals surface area contributed by atoms with Crippen LogP contribution in [0, 0.1) is 11.7 Å². The minimum atomic E-state index is -3.77. The minimum absolute atomic E-state index is 0.0384. The highest BCUT2D eigenvalue weighted by Crippen LogP contribution is 2.25. The van der Waals surface area contributed by atoms with Crippen LogP contribution in [0.4, 0.5) is 4.39 Å². The zero-order valence-electron chi connectivity index (χ0n) is 9.21. The molecule has 0 aromatic heterocycles. The van der Waals surface area contributed by atoms with Crippen LogP contribution in [-0.4, -0.2) is 37.5 Å². The summed E-state index contributed by atoms with van der Waals surface area (Å²) in [4.78, 5) is -0.293. The Hall–Kier alpha value is -0.980. The molecule has 0 aliphatic carbocycles. The Bertz CT molecular complexity index is 503. The van der Waals surface area contributed by atoms with Crippen LogP contribution in [0.3, 0.4) is 0 Å². The van der Waals surface area contributed by atoms with Crippen LogP contribution in [0.1, 0.15) is 6.42 Å². The van der Waals surface area contributed by atoms with Crippen LogP contribution in [0.2, 0.25) is 0 Å². The zero-order valence-corrected chi connectivity index (χ0v) is 10.0. The predicted molar refractivity (Wildman–Crippen MR) is 60.4 cm³/mol. The van der Waals surface area contributed by atoms with Crippen molar-refractivity contribution in [3.8, 4) is 0 Å². The molecular formula is C11H14FNO3S. The number of halogens is 1. The van der Waals surface area contributed by atoms with Crippen molar-refractivity contribution < 1.29 is 17.9 Å². The van der Waals surface area contributed by atoms with Crippen molar-refractivity contribution in [2.75, 3.05) is 19.7 Å². The van der Waals surface area contributed by atoms with Gasteiger partial charge >= 0.3 is 0 Å². The second-order valence-electron chi connectivity index (χ2n) is 4.13. The van der Waals surface area contributed by atoms with Crippen LogP contribution in [0.15, 0.2) is 29.2 Å². The summed E-state index contributed by atoms with van der Waals surface area (Å²) < 4.78 is 38.9. The number of aliphatic hydroxyl groups excluding tert-OH is 1. The third-order valence-corrected chi connectivity index (χ3v) is 4.86. The average Bonchev–Trinajstić information content (AvgIpc) is 2.78. The molecule has 4 nitrogen and oxygen atoms in total. The average molecular weight is 259 g/mol. The summed E-state index contributed by atoms with van der Waals surface area (Å²) in [6.45, 7) is 0.554. The number of benzene rings is 1. The molecule has 0 spiro atoms. The monoisotopic (exact) mass is 259 g/mol. The molecule has 94 valence electrons. The molecule has 1 aromatic carbocycles. The number of hydrogen-bond acceptors (Lipinski definition) is 3. The first-order chi connectivity index (χ1) is 8.05. The quantitative estimate of drug-likeness (QED) is 0.874. The molecule has 1 aliphatic rings. The van der Waals surface area contributed by atoms with Gasteiger partial charge in [0.15, 0.2) is 0 Å². The first kappa shape index (κ1) is 12.5. The van der Waals surface area contributed by atoms with Gasteiger partial charge in [0.1, 0.15) is 10.7 Å². The van der Waals surface area contributed by atoms with Gasteiger partial charge in [-0.2, -0.15) is 4.31 Å². The molecule has 0 bridgehead atoms. The highest BCUT2D eigenvalue weighted by Gasteiger charge is 2.33. The van der Waals surface area contributed by atoms with Crippen molar-refractivity contribution >= 4 is 10.0 Å². The minimum Gasteiger partial charge on any atom is -0.396 e. The van der Waals surface area contributed by atoms with Gasteiger partial charge in [0.2, 0.25) is 10.0 Å². The predicted octanol–water partition coefficient (Wildman–Crippen LogP) is 0.829. The van der Waals surface area contributed by atoms with Crippen molar-refractivity contribution in [1.82, 2.24) is 4.31 Å². The summed E-state index contributed by atoms with van der Waals surface area (Å²) in [6, 6.07) is 5.34. The van der Waals surface area contributed by atoms with Crippen molar-refractivity contribution in [3.05, 3.63) is 30.1 Å². The van der Waals surface area contributed by atoms with Gasteiger partial charge in [-0.05, 0) is 24.5 Å². The summed E-state index contributed by atoms with van der Waals surface area (Å²) in [5, 5.41) is 8.98. The van der Waals surface area contributed by atoms with E-state index in [1.807, 2.05) is 0 Å². The third-order valence-electron chi connectivity index (χ3n) is 2.96. The number of aliphatic hydroxyl groups is 1. The maximum Gasteiger partial charge on any atom is 0.245 e.